The fraction of sp³-hybridized carbons (Fsp3) is 0.192. The zero-order valence-corrected chi connectivity index (χ0v) is 22.7. The summed E-state index contributed by atoms with van der Waals surface area (Å²) in [7, 11) is 0. The van der Waals surface area contributed by atoms with Crippen LogP contribution in [-0.2, 0) is 14.4 Å². The van der Waals surface area contributed by atoms with Gasteiger partial charge in [-0.1, -0.05) is 35.3 Å². The lowest BCUT2D eigenvalue weighted by Crippen LogP contribution is -2.36. The number of phenols is 1. The highest BCUT2D eigenvalue weighted by Gasteiger charge is 2.27. The quantitative estimate of drug-likeness (QED) is 0.140. The molecule has 3 aromatic carbocycles. The molecule has 0 fully saturated rings. The number of aliphatic hydroxyl groups excluding tert-OH is 2. The zero-order chi connectivity index (χ0) is 31.5. The van der Waals surface area contributed by atoms with E-state index in [1.807, 2.05) is 0 Å². The molecule has 0 bridgehead atoms. The number of carboxylic acids is 3. The molecule has 0 aliphatic carbocycles. The molecule has 0 saturated carbocycles. The minimum absolute atomic E-state index is 0.0599. The van der Waals surface area contributed by atoms with Crippen LogP contribution in [0.4, 0.5) is 0 Å². The molecule has 16 heteroatoms. The Balaban J connectivity index is 1.99. The molecule has 5 atom stereocenters. The van der Waals surface area contributed by atoms with Gasteiger partial charge in [-0.15, -0.1) is 0 Å². The lowest BCUT2D eigenvalue weighted by molar-refractivity contribution is -0.142. The number of aliphatic hydroxyl groups is 2. The highest BCUT2D eigenvalue weighted by molar-refractivity contribution is 6.32. The average molecular weight is 626 g/mol. The molecule has 3 aromatic rings. The number of hydrogen-bond acceptors (Lipinski definition) is 11. The number of benzene rings is 3. The average Bonchev–Trinajstić information content (AvgIpc) is 2.94. The molecule has 0 aromatic heterocycles. The molecule has 3 rings (SSSR count). The van der Waals surface area contributed by atoms with Gasteiger partial charge in [-0.3, -0.25) is 14.4 Å². The van der Waals surface area contributed by atoms with Gasteiger partial charge in [0.1, 0.15) is 41.8 Å². The van der Waals surface area contributed by atoms with Crippen molar-refractivity contribution in [1.29, 1.82) is 0 Å². The molecular weight excluding hydrogens is 601 g/mol. The second kappa shape index (κ2) is 13.2. The predicted molar refractivity (Wildman–Crippen MR) is 147 cm³/mol. The van der Waals surface area contributed by atoms with Gasteiger partial charge in [0.25, 0.3) is 0 Å². The van der Waals surface area contributed by atoms with E-state index >= 15 is 0 Å². The Hall–Kier alpha value is -4.15. The van der Waals surface area contributed by atoms with Crippen LogP contribution in [0.3, 0.4) is 0 Å². The SMILES string of the molecule is N[C@H](C(=O)O)[C@H](O)c1ccc(Oc2cc([C@@H](N)C(=O)O)cc(Oc3ccc([C@@H](O)[C@@H](N)C(=O)O)cc3Cl)c2O)c(Cl)c1. The number of carbonyl (C=O) groups is 3. The fourth-order valence-corrected chi connectivity index (χ4v) is 4.02. The van der Waals surface area contributed by atoms with Crippen molar-refractivity contribution in [2.75, 3.05) is 0 Å². The Bertz CT molecular complexity index is 1420. The second-order valence-corrected chi connectivity index (χ2v) is 9.70. The van der Waals surface area contributed by atoms with Crippen LogP contribution in [0.5, 0.6) is 28.7 Å². The van der Waals surface area contributed by atoms with Gasteiger partial charge in [0, 0.05) is 0 Å². The molecule has 0 aliphatic heterocycles. The summed E-state index contributed by atoms with van der Waals surface area (Å²) in [5.74, 6) is -5.85. The maximum absolute atomic E-state index is 11.6. The molecule has 224 valence electrons. The van der Waals surface area contributed by atoms with Gasteiger partial charge in [-0.2, -0.15) is 0 Å². The Morgan fingerprint density at radius 1 is 0.619 bits per heavy atom. The smallest absolute Gasteiger partial charge is 0.325 e. The first kappa shape index (κ1) is 32.4. The Morgan fingerprint density at radius 2 is 1.00 bits per heavy atom. The lowest BCUT2D eigenvalue weighted by atomic mass is 10.0. The van der Waals surface area contributed by atoms with Gasteiger partial charge in [0.15, 0.2) is 11.5 Å². The van der Waals surface area contributed by atoms with Crippen LogP contribution in [0.1, 0.15) is 34.9 Å². The van der Waals surface area contributed by atoms with Crippen molar-refractivity contribution in [3.63, 3.8) is 0 Å². The molecule has 0 saturated heterocycles. The topological polar surface area (TPSA) is 269 Å². The summed E-state index contributed by atoms with van der Waals surface area (Å²) < 4.78 is 11.4. The van der Waals surface area contributed by atoms with Crippen LogP contribution in [0.2, 0.25) is 10.0 Å². The standard InChI is InChI=1S/C26H25Cl2N3O11/c27-12-5-9(21(32)19(30)25(37)38)1-3-14(12)41-16-7-11(18(29)24(35)36)8-17(23(16)34)42-15-4-2-10(6-13(15)28)22(33)20(31)26(39)40/h1-8,18-22,32-34H,29-31H2,(H,35,36)(H,37,38)(H,39,40)/t18-,19-,20+,21-,22-/m1/s1. The summed E-state index contributed by atoms with van der Waals surface area (Å²) in [5.41, 5.74) is 16.7. The van der Waals surface area contributed by atoms with E-state index in [0.717, 1.165) is 12.1 Å². The van der Waals surface area contributed by atoms with Crippen LogP contribution >= 0.6 is 23.2 Å². The second-order valence-electron chi connectivity index (χ2n) is 8.88. The first-order valence-corrected chi connectivity index (χ1v) is 12.5. The molecule has 0 radical (unpaired) electrons. The maximum atomic E-state index is 11.6. The van der Waals surface area contributed by atoms with E-state index in [2.05, 4.69) is 0 Å². The van der Waals surface area contributed by atoms with E-state index in [0.29, 0.717) is 0 Å². The number of halogens is 2. The molecule has 0 amide bonds. The van der Waals surface area contributed by atoms with E-state index in [1.54, 1.807) is 0 Å². The van der Waals surface area contributed by atoms with Gasteiger partial charge in [-0.05, 0) is 53.1 Å². The van der Waals surface area contributed by atoms with Crippen molar-refractivity contribution in [3.05, 3.63) is 75.3 Å². The van der Waals surface area contributed by atoms with Gasteiger partial charge < -0.3 is 57.3 Å². The molecule has 0 spiro atoms. The van der Waals surface area contributed by atoms with Crippen molar-refractivity contribution in [1.82, 2.24) is 0 Å². The third-order valence-corrected chi connectivity index (χ3v) is 6.56. The van der Waals surface area contributed by atoms with Gasteiger partial charge in [-0.25, -0.2) is 0 Å². The van der Waals surface area contributed by atoms with Gasteiger partial charge >= 0.3 is 17.9 Å². The summed E-state index contributed by atoms with van der Waals surface area (Å²) in [6.07, 6.45) is -3.20. The van der Waals surface area contributed by atoms with Crippen molar-refractivity contribution in [3.8, 4) is 28.7 Å². The largest absolute Gasteiger partial charge is 0.502 e. The Kier molecular flexibility index (Phi) is 10.2. The first-order valence-electron chi connectivity index (χ1n) is 11.7. The summed E-state index contributed by atoms with van der Waals surface area (Å²) >= 11 is 12.5. The van der Waals surface area contributed by atoms with Crippen LogP contribution < -0.4 is 26.7 Å². The van der Waals surface area contributed by atoms with Crippen LogP contribution in [0.15, 0.2) is 48.5 Å². The Morgan fingerprint density at radius 3 is 1.31 bits per heavy atom. The van der Waals surface area contributed by atoms with Crippen LogP contribution in [0.25, 0.3) is 0 Å². The molecule has 42 heavy (non-hydrogen) atoms. The maximum Gasteiger partial charge on any atom is 0.325 e. The molecule has 0 aliphatic rings. The number of aliphatic carboxylic acids is 3. The van der Waals surface area contributed by atoms with E-state index < -0.39 is 54.0 Å². The molecule has 12 N–H and O–H groups in total. The Labute approximate surface area is 247 Å². The summed E-state index contributed by atoms with van der Waals surface area (Å²) in [6.45, 7) is 0. The highest BCUT2D eigenvalue weighted by atomic mass is 35.5. The number of aromatic hydroxyl groups is 1. The van der Waals surface area contributed by atoms with Crippen molar-refractivity contribution >= 4 is 41.1 Å². The summed E-state index contributed by atoms with van der Waals surface area (Å²) in [4.78, 5) is 33.7. The number of ether oxygens (including phenoxy) is 2. The third kappa shape index (κ3) is 7.18. The highest BCUT2D eigenvalue weighted by Crippen LogP contribution is 2.45. The van der Waals surface area contributed by atoms with Crippen LogP contribution in [0, 0.1) is 0 Å². The van der Waals surface area contributed by atoms with Crippen molar-refractivity contribution in [2.45, 2.75) is 30.3 Å². The number of phenolic OH excluding ortho intramolecular Hbond substituents is 1. The molecule has 0 unspecified atom stereocenters. The first-order chi connectivity index (χ1) is 19.6. The monoisotopic (exact) mass is 625 g/mol. The van der Waals surface area contributed by atoms with E-state index in [4.69, 9.17) is 60.1 Å². The molecular formula is C26H25Cl2N3O11. The molecule has 14 nitrogen and oxygen atoms in total. The van der Waals surface area contributed by atoms with E-state index in [1.165, 1.54) is 36.4 Å². The predicted octanol–water partition coefficient (Wildman–Crippen LogP) is 2.26. The van der Waals surface area contributed by atoms with Gasteiger partial charge in [0.2, 0.25) is 5.75 Å². The number of carboxylic acid groups (broad SMARTS) is 3. The third-order valence-electron chi connectivity index (χ3n) is 5.97. The molecule has 0 heterocycles. The van der Waals surface area contributed by atoms with Crippen molar-refractivity contribution < 1.29 is 54.5 Å². The normalized spacial score (nSPS) is 14.7. The van der Waals surface area contributed by atoms with Gasteiger partial charge in [0.05, 0.1) is 10.0 Å². The summed E-state index contributed by atoms with van der Waals surface area (Å²) in [5, 5.41) is 58.5. The minimum atomic E-state index is -1.64. The van der Waals surface area contributed by atoms with Crippen molar-refractivity contribution in [2.24, 2.45) is 17.2 Å². The minimum Gasteiger partial charge on any atom is -0.502 e. The fourth-order valence-electron chi connectivity index (χ4n) is 3.57. The number of hydrogen-bond donors (Lipinski definition) is 9. The number of nitrogens with two attached hydrogens (primary N) is 3. The lowest BCUT2D eigenvalue weighted by Gasteiger charge is -2.19. The number of rotatable bonds is 12. The van der Waals surface area contributed by atoms with E-state index in [9.17, 15) is 34.8 Å². The van der Waals surface area contributed by atoms with Crippen LogP contribution in [-0.4, -0.2) is 60.6 Å². The summed E-state index contributed by atoms with van der Waals surface area (Å²) in [6, 6.07) is 4.83. The zero-order valence-electron chi connectivity index (χ0n) is 21.2. The van der Waals surface area contributed by atoms with E-state index in [-0.39, 0.29) is 49.7 Å².